The van der Waals surface area contributed by atoms with Gasteiger partial charge >= 0.3 is 0 Å². The molecule has 2 unspecified atom stereocenters. The second-order valence-corrected chi connectivity index (χ2v) is 6.92. The Kier molecular flexibility index (Phi) is 4.13. The monoisotopic (exact) mass is 336 g/mol. The van der Waals surface area contributed by atoms with Crippen molar-refractivity contribution >= 4 is 27.9 Å². The van der Waals surface area contributed by atoms with Crippen LogP contribution >= 0.6 is 15.9 Å². The lowest BCUT2D eigenvalue weighted by Crippen LogP contribution is -2.52. The lowest BCUT2D eigenvalue weighted by molar-refractivity contribution is 0.102. The van der Waals surface area contributed by atoms with E-state index in [0.717, 1.165) is 47.1 Å². The van der Waals surface area contributed by atoms with E-state index in [9.17, 15) is 4.79 Å². The van der Waals surface area contributed by atoms with Crippen LogP contribution in [0.3, 0.4) is 0 Å². The standard InChI is InChI=1S/C16H21BrN2O/c1-18-7-2-3-12-10-19(8-6-15(12)18)16-5-4-14(17)9-13(16)11-20/h4-5,9,11-12,15H,2-3,6-8,10H2,1H3. The van der Waals surface area contributed by atoms with Crippen molar-refractivity contribution in [2.24, 2.45) is 5.92 Å². The second-order valence-electron chi connectivity index (χ2n) is 6.01. The molecule has 0 radical (unpaired) electrons. The summed E-state index contributed by atoms with van der Waals surface area (Å²) >= 11 is 3.44. The fourth-order valence-corrected chi connectivity index (χ4v) is 4.16. The quantitative estimate of drug-likeness (QED) is 0.775. The number of carbonyl (C=O) groups is 1. The number of halogens is 1. The molecule has 1 aromatic carbocycles. The summed E-state index contributed by atoms with van der Waals surface area (Å²) in [6.45, 7) is 3.37. The zero-order valence-electron chi connectivity index (χ0n) is 11.9. The van der Waals surface area contributed by atoms with Crippen molar-refractivity contribution in [3.05, 3.63) is 28.2 Å². The van der Waals surface area contributed by atoms with E-state index in [4.69, 9.17) is 0 Å². The molecule has 0 aromatic heterocycles. The maximum Gasteiger partial charge on any atom is 0.152 e. The van der Waals surface area contributed by atoms with Gasteiger partial charge in [-0.3, -0.25) is 4.79 Å². The molecule has 3 nitrogen and oxygen atoms in total. The minimum atomic E-state index is 0.732. The lowest BCUT2D eigenvalue weighted by atomic mass is 9.84. The van der Waals surface area contributed by atoms with Crippen molar-refractivity contribution in [3.63, 3.8) is 0 Å². The Labute approximate surface area is 129 Å². The highest BCUT2D eigenvalue weighted by atomic mass is 79.9. The molecule has 0 saturated carbocycles. The average molecular weight is 337 g/mol. The summed E-state index contributed by atoms with van der Waals surface area (Å²) in [6, 6.07) is 6.75. The largest absolute Gasteiger partial charge is 0.371 e. The molecular formula is C16H21BrN2O. The van der Waals surface area contributed by atoms with Crippen LogP contribution in [0, 0.1) is 5.92 Å². The number of fused-ring (bicyclic) bond motifs is 1. The van der Waals surface area contributed by atoms with E-state index < -0.39 is 0 Å². The Balaban J connectivity index is 1.81. The number of aldehydes is 1. The number of anilines is 1. The molecule has 108 valence electrons. The molecule has 4 heteroatoms. The maximum absolute atomic E-state index is 11.3. The highest BCUT2D eigenvalue weighted by Crippen LogP contribution is 2.33. The van der Waals surface area contributed by atoms with Gasteiger partial charge < -0.3 is 9.80 Å². The van der Waals surface area contributed by atoms with Crippen LogP contribution in [0.4, 0.5) is 5.69 Å². The van der Waals surface area contributed by atoms with E-state index in [0.29, 0.717) is 0 Å². The number of hydrogen-bond acceptors (Lipinski definition) is 3. The molecule has 2 saturated heterocycles. The first-order valence-corrected chi connectivity index (χ1v) is 8.18. The molecular weight excluding hydrogens is 316 g/mol. The smallest absolute Gasteiger partial charge is 0.152 e. The number of hydrogen-bond donors (Lipinski definition) is 0. The molecule has 2 aliphatic rings. The predicted molar refractivity (Wildman–Crippen MR) is 85.5 cm³/mol. The van der Waals surface area contributed by atoms with Gasteiger partial charge in [0.15, 0.2) is 6.29 Å². The minimum Gasteiger partial charge on any atom is -0.371 e. The third-order valence-corrected chi connectivity index (χ3v) is 5.30. The zero-order chi connectivity index (χ0) is 14.1. The molecule has 20 heavy (non-hydrogen) atoms. The molecule has 3 rings (SSSR count). The SMILES string of the molecule is CN1CCCC2CN(c3ccc(Br)cc3C=O)CCC21. The van der Waals surface area contributed by atoms with E-state index in [2.05, 4.69) is 38.8 Å². The van der Waals surface area contributed by atoms with Crippen LogP contribution in [0.5, 0.6) is 0 Å². The highest BCUT2D eigenvalue weighted by molar-refractivity contribution is 9.10. The molecule has 2 aliphatic heterocycles. The van der Waals surface area contributed by atoms with Crippen molar-refractivity contribution in [1.29, 1.82) is 0 Å². The summed E-state index contributed by atoms with van der Waals surface area (Å²) in [5.41, 5.74) is 1.89. The molecule has 2 fully saturated rings. The van der Waals surface area contributed by atoms with Crippen molar-refractivity contribution in [3.8, 4) is 0 Å². The van der Waals surface area contributed by atoms with E-state index in [1.807, 2.05) is 12.1 Å². The molecule has 0 aliphatic carbocycles. The minimum absolute atomic E-state index is 0.732. The predicted octanol–water partition coefficient (Wildman–Crippen LogP) is 3.18. The molecule has 0 amide bonds. The third-order valence-electron chi connectivity index (χ3n) is 4.80. The summed E-state index contributed by atoms with van der Waals surface area (Å²) < 4.78 is 0.968. The third kappa shape index (κ3) is 2.63. The van der Waals surface area contributed by atoms with Crippen LogP contribution in [0.1, 0.15) is 29.6 Å². The number of benzene rings is 1. The molecule has 0 bridgehead atoms. The molecule has 1 aromatic rings. The van der Waals surface area contributed by atoms with E-state index in [-0.39, 0.29) is 0 Å². The van der Waals surface area contributed by atoms with Crippen LogP contribution in [-0.2, 0) is 0 Å². The number of rotatable bonds is 2. The number of piperidine rings is 2. The Morgan fingerprint density at radius 3 is 2.95 bits per heavy atom. The van der Waals surface area contributed by atoms with Crippen LogP contribution in [0.2, 0.25) is 0 Å². The first-order valence-electron chi connectivity index (χ1n) is 7.39. The van der Waals surface area contributed by atoms with Gasteiger partial charge in [-0.1, -0.05) is 15.9 Å². The Bertz CT molecular complexity index is 505. The number of carbonyl (C=O) groups excluding carboxylic acids is 1. The second kappa shape index (κ2) is 5.86. The summed E-state index contributed by atoms with van der Waals surface area (Å²) in [5.74, 6) is 0.741. The first kappa shape index (κ1) is 14.1. The van der Waals surface area contributed by atoms with Crippen molar-refractivity contribution in [2.45, 2.75) is 25.3 Å². The van der Waals surface area contributed by atoms with Gasteiger partial charge in [0.25, 0.3) is 0 Å². The topological polar surface area (TPSA) is 23.6 Å². The Morgan fingerprint density at radius 1 is 1.30 bits per heavy atom. The van der Waals surface area contributed by atoms with E-state index in [1.165, 1.54) is 25.8 Å². The zero-order valence-corrected chi connectivity index (χ0v) is 13.5. The van der Waals surface area contributed by atoms with Gasteiger partial charge in [-0.05, 0) is 57.0 Å². The molecule has 0 spiro atoms. The van der Waals surface area contributed by atoms with Crippen LogP contribution < -0.4 is 4.90 Å². The van der Waals surface area contributed by atoms with Gasteiger partial charge in [0.2, 0.25) is 0 Å². The lowest BCUT2D eigenvalue weighted by Gasteiger charge is -2.46. The van der Waals surface area contributed by atoms with Crippen molar-refractivity contribution in [2.75, 3.05) is 31.6 Å². The number of nitrogens with zero attached hydrogens (tertiary/aromatic N) is 2. The molecule has 0 N–H and O–H groups in total. The summed E-state index contributed by atoms with van der Waals surface area (Å²) in [4.78, 5) is 16.2. The van der Waals surface area contributed by atoms with E-state index in [1.54, 1.807) is 0 Å². The first-order chi connectivity index (χ1) is 9.69. The van der Waals surface area contributed by atoms with Gasteiger partial charge in [-0.25, -0.2) is 0 Å². The fourth-order valence-electron chi connectivity index (χ4n) is 3.78. The molecule has 2 atom stereocenters. The highest BCUT2D eigenvalue weighted by Gasteiger charge is 2.34. The number of likely N-dealkylation sites (tertiary alicyclic amines) is 1. The van der Waals surface area contributed by atoms with Crippen molar-refractivity contribution in [1.82, 2.24) is 4.90 Å². The van der Waals surface area contributed by atoms with Crippen LogP contribution in [-0.4, -0.2) is 43.9 Å². The van der Waals surface area contributed by atoms with Crippen molar-refractivity contribution < 1.29 is 4.79 Å². The van der Waals surface area contributed by atoms with Gasteiger partial charge in [0.05, 0.1) is 0 Å². The Hall–Kier alpha value is -0.870. The Morgan fingerprint density at radius 2 is 2.15 bits per heavy atom. The molecule has 2 heterocycles. The summed E-state index contributed by atoms with van der Waals surface area (Å²) in [6.07, 6.45) is 4.79. The van der Waals surface area contributed by atoms with Gasteiger partial charge in [0.1, 0.15) is 0 Å². The van der Waals surface area contributed by atoms with Crippen LogP contribution in [0.15, 0.2) is 22.7 Å². The van der Waals surface area contributed by atoms with Gasteiger partial charge in [-0.15, -0.1) is 0 Å². The van der Waals surface area contributed by atoms with Crippen LogP contribution in [0.25, 0.3) is 0 Å². The maximum atomic E-state index is 11.3. The fraction of sp³-hybridized carbons (Fsp3) is 0.562. The summed E-state index contributed by atoms with van der Waals surface area (Å²) in [5, 5.41) is 0. The average Bonchev–Trinajstić information content (AvgIpc) is 2.47. The van der Waals surface area contributed by atoms with Gasteiger partial charge in [-0.2, -0.15) is 0 Å². The normalized spacial score (nSPS) is 27.2. The van der Waals surface area contributed by atoms with E-state index >= 15 is 0 Å². The summed E-state index contributed by atoms with van der Waals surface area (Å²) in [7, 11) is 2.25. The van der Waals surface area contributed by atoms with Gasteiger partial charge in [0, 0.05) is 34.9 Å².